The van der Waals surface area contributed by atoms with Gasteiger partial charge in [-0.2, -0.15) is 0 Å². The van der Waals surface area contributed by atoms with Crippen molar-refractivity contribution in [3.63, 3.8) is 0 Å². The van der Waals surface area contributed by atoms with Gasteiger partial charge in [0.1, 0.15) is 5.82 Å². The molecule has 1 atom stereocenters. The molecule has 0 aliphatic heterocycles. The smallest absolute Gasteiger partial charge is 0.128 e. The van der Waals surface area contributed by atoms with Gasteiger partial charge in [-0.3, -0.25) is 0 Å². The van der Waals surface area contributed by atoms with Crippen LogP contribution in [0.25, 0.3) is 0 Å². The van der Waals surface area contributed by atoms with Crippen LogP contribution in [-0.2, 0) is 11.3 Å². The van der Waals surface area contributed by atoms with Crippen molar-refractivity contribution < 1.29 is 9.13 Å². The van der Waals surface area contributed by atoms with Gasteiger partial charge in [0.15, 0.2) is 0 Å². The number of benzene rings is 1. The molecule has 0 amide bonds. The van der Waals surface area contributed by atoms with Crippen LogP contribution >= 0.6 is 0 Å². The lowest BCUT2D eigenvalue weighted by atomic mass is 9.95. The minimum Gasteiger partial charge on any atom is -0.380 e. The molecule has 0 aromatic heterocycles. The van der Waals surface area contributed by atoms with Gasteiger partial charge in [-0.1, -0.05) is 32.4 Å². The first-order valence-corrected chi connectivity index (χ1v) is 5.46. The fourth-order valence-corrected chi connectivity index (χ4v) is 1.77. The SMILES string of the molecule is CCCC(C)c1ccc(F)c(COC)c1. The van der Waals surface area contributed by atoms with Crippen LogP contribution in [-0.4, -0.2) is 7.11 Å². The van der Waals surface area contributed by atoms with Crippen molar-refractivity contribution >= 4 is 0 Å². The van der Waals surface area contributed by atoms with Crippen molar-refractivity contribution in [2.45, 2.75) is 39.2 Å². The lowest BCUT2D eigenvalue weighted by Gasteiger charge is -2.12. The topological polar surface area (TPSA) is 9.23 Å². The molecule has 0 bridgehead atoms. The molecule has 0 aliphatic carbocycles. The summed E-state index contributed by atoms with van der Waals surface area (Å²) >= 11 is 0. The van der Waals surface area contributed by atoms with E-state index in [2.05, 4.69) is 13.8 Å². The van der Waals surface area contributed by atoms with Crippen LogP contribution in [0.3, 0.4) is 0 Å². The number of hydrogen-bond donors (Lipinski definition) is 0. The minimum atomic E-state index is -0.177. The van der Waals surface area contributed by atoms with E-state index in [9.17, 15) is 4.39 Å². The molecular weight excluding hydrogens is 191 g/mol. The third kappa shape index (κ3) is 3.31. The Kier molecular flexibility index (Phi) is 4.76. The third-order valence-electron chi connectivity index (χ3n) is 2.66. The van der Waals surface area contributed by atoms with Crippen LogP contribution in [0.2, 0.25) is 0 Å². The summed E-state index contributed by atoms with van der Waals surface area (Å²) in [6.45, 7) is 4.68. The van der Waals surface area contributed by atoms with Crippen molar-refractivity contribution in [2.24, 2.45) is 0 Å². The van der Waals surface area contributed by atoms with Gasteiger partial charge in [-0.25, -0.2) is 4.39 Å². The van der Waals surface area contributed by atoms with Gasteiger partial charge in [-0.15, -0.1) is 0 Å². The van der Waals surface area contributed by atoms with E-state index in [0.29, 0.717) is 18.1 Å². The summed E-state index contributed by atoms with van der Waals surface area (Å²) in [5.41, 5.74) is 1.85. The highest BCUT2D eigenvalue weighted by molar-refractivity contribution is 5.27. The zero-order valence-corrected chi connectivity index (χ0v) is 9.72. The lowest BCUT2D eigenvalue weighted by molar-refractivity contribution is 0.181. The zero-order valence-electron chi connectivity index (χ0n) is 9.72. The molecule has 0 spiro atoms. The highest BCUT2D eigenvalue weighted by atomic mass is 19.1. The Morgan fingerprint density at radius 3 is 2.73 bits per heavy atom. The van der Waals surface area contributed by atoms with Gasteiger partial charge in [0, 0.05) is 12.7 Å². The second-order valence-corrected chi connectivity index (χ2v) is 3.97. The Morgan fingerprint density at radius 2 is 2.13 bits per heavy atom. The Morgan fingerprint density at radius 1 is 1.40 bits per heavy atom. The predicted octanol–water partition coefficient (Wildman–Crippen LogP) is 3.88. The van der Waals surface area contributed by atoms with E-state index in [0.717, 1.165) is 12.8 Å². The first-order chi connectivity index (χ1) is 7.19. The van der Waals surface area contributed by atoms with Crippen LogP contribution < -0.4 is 0 Å². The van der Waals surface area contributed by atoms with Crippen molar-refractivity contribution in [3.05, 3.63) is 35.1 Å². The highest BCUT2D eigenvalue weighted by Crippen LogP contribution is 2.23. The number of ether oxygens (including phenoxy) is 1. The van der Waals surface area contributed by atoms with E-state index in [1.807, 2.05) is 12.1 Å². The quantitative estimate of drug-likeness (QED) is 0.716. The van der Waals surface area contributed by atoms with Gasteiger partial charge < -0.3 is 4.74 Å². The molecule has 84 valence electrons. The van der Waals surface area contributed by atoms with E-state index in [-0.39, 0.29) is 5.82 Å². The molecule has 0 heterocycles. The molecule has 1 unspecified atom stereocenters. The maximum Gasteiger partial charge on any atom is 0.128 e. The molecule has 1 aromatic carbocycles. The number of rotatable bonds is 5. The van der Waals surface area contributed by atoms with Gasteiger partial charge in [0.25, 0.3) is 0 Å². The van der Waals surface area contributed by atoms with E-state index in [1.54, 1.807) is 7.11 Å². The summed E-state index contributed by atoms with van der Waals surface area (Å²) in [5.74, 6) is 0.315. The molecule has 1 nitrogen and oxygen atoms in total. The van der Waals surface area contributed by atoms with Gasteiger partial charge >= 0.3 is 0 Å². The Bertz CT molecular complexity index is 309. The van der Waals surface area contributed by atoms with E-state index in [1.165, 1.54) is 11.6 Å². The first-order valence-electron chi connectivity index (χ1n) is 5.46. The molecule has 0 saturated heterocycles. The van der Waals surface area contributed by atoms with E-state index in [4.69, 9.17) is 4.74 Å². The lowest BCUT2D eigenvalue weighted by Crippen LogP contribution is -1.98. The summed E-state index contributed by atoms with van der Waals surface area (Å²) in [6, 6.07) is 5.32. The van der Waals surface area contributed by atoms with Gasteiger partial charge in [0.05, 0.1) is 6.61 Å². The van der Waals surface area contributed by atoms with Crippen LogP contribution in [0.5, 0.6) is 0 Å². The standard InChI is InChI=1S/C13H19FO/c1-4-5-10(2)11-6-7-13(14)12(8-11)9-15-3/h6-8,10H,4-5,9H2,1-3H3. The number of methoxy groups -OCH3 is 1. The first kappa shape index (κ1) is 12.2. The number of hydrogen-bond acceptors (Lipinski definition) is 1. The van der Waals surface area contributed by atoms with Crippen LogP contribution in [0, 0.1) is 5.82 Å². The van der Waals surface area contributed by atoms with Crippen molar-refractivity contribution in [1.29, 1.82) is 0 Å². The van der Waals surface area contributed by atoms with Gasteiger partial charge in [-0.05, 0) is 24.0 Å². The zero-order chi connectivity index (χ0) is 11.3. The molecular formula is C13H19FO. The summed E-state index contributed by atoms with van der Waals surface area (Å²) in [6.07, 6.45) is 2.29. The van der Waals surface area contributed by atoms with E-state index < -0.39 is 0 Å². The van der Waals surface area contributed by atoms with E-state index >= 15 is 0 Å². The fraction of sp³-hybridized carbons (Fsp3) is 0.538. The van der Waals surface area contributed by atoms with Crippen LogP contribution in [0.15, 0.2) is 18.2 Å². The van der Waals surface area contributed by atoms with Crippen molar-refractivity contribution in [3.8, 4) is 0 Å². The number of halogens is 1. The Labute approximate surface area is 91.3 Å². The molecule has 1 aromatic rings. The van der Waals surface area contributed by atoms with Crippen LogP contribution in [0.1, 0.15) is 43.7 Å². The molecule has 0 fully saturated rings. The summed E-state index contributed by atoms with van der Waals surface area (Å²) in [4.78, 5) is 0. The second-order valence-electron chi connectivity index (χ2n) is 3.97. The van der Waals surface area contributed by atoms with Crippen molar-refractivity contribution in [2.75, 3.05) is 7.11 Å². The Hall–Kier alpha value is -0.890. The Balaban J connectivity index is 2.86. The molecule has 0 saturated carbocycles. The summed E-state index contributed by atoms with van der Waals surface area (Å²) < 4.78 is 18.3. The normalized spacial score (nSPS) is 12.8. The van der Waals surface area contributed by atoms with Gasteiger partial charge in [0.2, 0.25) is 0 Å². The molecule has 0 aliphatic rings. The molecule has 1 rings (SSSR count). The average Bonchev–Trinajstić information content (AvgIpc) is 2.22. The fourth-order valence-electron chi connectivity index (χ4n) is 1.77. The average molecular weight is 210 g/mol. The maximum atomic E-state index is 13.3. The minimum absolute atomic E-state index is 0.177. The highest BCUT2D eigenvalue weighted by Gasteiger charge is 2.08. The van der Waals surface area contributed by atoms with Crippen LogP contribution in [0.4, 0.5) is 4.39 Å². The summed E-state index contributed by atoms with van der Waals surface area (Å²) in [5, 5.41) is 0. The summed E-state index contributed by atoms with van der Waals surface area (Å²) in [7, 11) is 1.58. The molecule has 0 radical (unpaired) electrons. The predicted molar refractivity (Wildman–Crippen MR) is 60.4 cm³/mol. The third-order valence-corrected chi connectivity index (χ3v) is 2.66. The molecule has 0 N–H and O–H groups in total. The monoisotopic (exact) mass is 210 g/mol. The largest absolute Gasteiger partial charge is 0.380 e. The molecule has 15 heavy (non-hydrogen) atoms. The van der Waals surface area contributed by atoms with Crippen molar-refractivity contribution in [1.82, 2.24) is 0 Å². The second kappa shape index (κ2) is 5.86. The molecule has 2 heteroatoms. The maximum absolute atomic E-state index is 13.3.